The Balaban J connectivity index is 1.62. The van der Waals surface area contributed by atoms with Crippen molar-refractivity contribution in [2.45, 2.75) is 39.3 Å². The van der Waals surface area contributed by atoms with Gasteiger partial charge < -0.3 is 15.5 Å². The van der Waals surface area contributed by atoms with Crippen LogP contribution in [-0.2, 0) is 17.8 Å². The number of aryl methyl sites for hydroxylation is 1. The number of hydrogen-bond acceptors (Lipinski definition) is 4. The number of nitrogens with zero attached hydrogens (tertiary/aromatic N) is 3. The largest absolute Gasteiger partial charge is 0.357 e. The molecule has 2 heterocycles. The maximum absolute atomic E-state index is 12.4. The van der Waals surface area contributed by atoms with Crippen molar-refractivity contribution in [2.24, 2.45) is 4.99 Å². The molecule has 1 fully saturated rings. The van der Waals surface area contributed by atoms with Gasteiger partial charge in [-0.05, 0) is 25.5 Å². The summed E-state index contributed by atoms with van der Waals surface area (Å²) >= 11 is 1.67. The molecule has 0 bridgehead atoms. The van der Waals surface area contributed by atoms with E-state index in [1.807, 2.05) is 42.2 Å². The summed E-state index contributed by atoms with van der Waals surface area (Å²) in [5.74, 6) is 0.864. The molecular weight excluding hydrogens is 346 g/mol. The second-order valence-corrected chi connectivity index (χ2v) is 7.11. The van der Waals surface area contributed by atoms with Crippen LogP contribution in [0.25, 0.3) is 0 Å². The fourth-order valence-electron chi connectivity index (χ4n) is 2.92. The van der Waals surface area contributed by atoms with Crippen molar-refractivity contribution >= 4 is 28.9 Å². The second-order valence-electron chi connectivity index (χ2n) is 6.17. The monoisotopic (exact) mass is 371 g/mol. The van der Waals surface area contributed by atoms with Crippen LogP contribution in [0.1, 0.15) is 31.0 Å². The minimum Gasteiger partial charge on any atom is -0.357 e. The SMILES string of the molecule is CCNC(=NCc1csc(CC)n1)NC1CC(=O)N(c2ccccc2)C1. The van der Waals surface area contributed by atoms with E-state index in [4.69, 9.17) is 0 Å². The van der Waals surface area contributed by atoms with Crippen LogP contribution in [-0.4, -0.2) is 36.0 Å². The van der Waals surface area contributed by atoms with Crippen LogP contribution in [0.3, 0.4) is 0 Å². The first kappa shape index (κ1) is 18.4. The van der Waals surface area contributed by atoms with Gasteiger partial charge in [0.05, 0.1) is 23.3 Å². The Morgan fingerprint density at radius 2 is 2.15 bits per heavy atom. The molecule has 1 aromatic carbocycles. The third-order valence-electron chi connectivity index (χ3n) is 4.18. The lowest BCUT2D eigenvalue weighted by molar-refractivity contribution is -0.117. The van der Waals surface area contributed by atoms with Gasteiger partial charge in [0.25, 0.3) is 0 Å². The quantitative estimate of drug-likeness (QED) is 0.605. The molecule has 1 aromatic heterocycles. The van der Waals surface area contributed by atoms with Crippen LogP contribution in [0.5, 0.6) is 0 Å². The van der Waals surface area contributed by atoms with Gasteiger partial charge in [-0.1, -0.05) is 25.1 Å². The van der Waals surface area contributed by atoms with Gasteiger partial charge in [0.1, 0.15) is 0 Å². The zero-order valence-corrected chi connectivity index (χ0v) is 16.1. The molecule has 1 aliphatic rings. The molecule has 1 unspecified atom stereocenters. The number of aliphatic imine (C=N–C) groups is 1. The molecule has 0 radical (unpaired) electrons. The summed E-state index contributed by atoms with van der Waals surface area (Å²) in [7, 11) is 0. The highest BCUT2D eigenvalue weighted by Gasteiger charge is 2.31. The number of para-hydroxylation sites is 1. The molecule has 1 atom stereocenters. The van der Waals surface area contributed by atoms with Gasteiger partial charge in [-0.3, -0.25) is 4.79 Å². The van der Waals surface area contributed by atoms with Crippen LogP contribution >= 0.6 is 11.3 Å². The number of rotatable bonds is 6. The molecule has 7 heteroatoms. The average molecular weight is 372 g/mol. The molecule has 138 valence electrons. The molecule has 1 aliphatic heterocycles. The third-order valence-corrected chi connectivity index (χ3v) is 5.22. The van der Waals surface area contributed by atoms with Gasteiger partial charge in [-0.15, -0.1) is 11.3 Å². The summed E-state index contributed by atoms with van der Waals surface area (Å²) in [6.45, 7) is 6.09. The summed E-state index contributed by atoms with van der Waals surface area (Å²) in [6, 6.07) is 9.83. The molecular formula is C19H25N5OS. The first-order chi connectivity index (χ1) is 12.7. The van der Waals surface area contributed by atoms with Crippen molar-refractivity contribution in [3.05, 3.63) is 46.4 Å². The number of carbonyl (C=O) groups is 1. The first-order valence-electron chi connectivity index (χ1n) is 9.03. The highest BCUT2D eigenvalue weighted by molar-refractivity contribution is 7.09. The van der Waals surface area contributed by atoms with Crippen molar-refractivity contribution in [3.8, 4) is 0 Å². The molecule has 0 spiro atoms. The van der Waals surface area contributed by atoms with Crippen LogP contribution in [0.2, 0.25) is 0 Å². The highest BCUT2D eigenvalue weighted by atomic mass is 32.1. The summed E-state index contributed by atoms with van der Waals surface area (Å²) in [4.78, 5) is 23.4. The lowest BCUT2D eigenvalue weighted by atomic mass is 10.2. The minimum atomic E-state index is 0.0437. The molecule has 0 aliphatic carbocycles. The Hall–Kier alpha value is -2.41. The Morgan fingerprint density at radius 1 is 1.35 bits per heavy atom. The van der Waals surface area contributed by atoms with Crippen LogP contribution in [0.4, 0.5) is 5.69 Å². The van der Waals surface area contributed by atoms with E-state index in [0.29, 0.717) is 19.5 Å². The molecule has 1 amide bonds. The lowest BCUT2D eigenvalue weighted by Gasteiger charge is -2.18. The first-order valence-corrected chi connectivity index (χ1v) is 9.91. The van der Waals surface area contributed by atoms with Gasteiger partial charge in [0.2, 0.25) is 5.91 Å². The van der Waals surface area contributed by atoms with Crippen molar-refractivity contribution in [2.75, 3.05) is 18.0 Å². The van der Waals surface area contributed by atoms with Gasteiger partial charge >= 0.3 is 0 Å². The summed E-state index contributed by atoms with van der Waals surface area (Å²) < 4.78 is 0. The molecule has 2 aromatic rings. The fraction of sp³-hybridized carbons (Fsp3) is 0.421. The van der Waals surface area contributed by atoms with E-state index in [2.05, 4.69) is 32.9 Å². The van der Waals surface area contributed by atoms with Crippen molar-refractivity contribution in [1.82, 2.24) is 15.6 Å². The van der Waals surface area contributed by atoms with E-state index in [9.17, 15) is 4.79 Å². The van der Waals surface area contributed by atoms with Crippen molar-refractivity contribution in [3.63, 3.8) is 0 Å². The topological polar surface area (TPSA) is 69.6 Å². The van der Waals surface area contributed by atoms with Crippen molar-refractivity contribution < 1.29 is 4.79 Å². The Kier molecular flexibility index (Phi) is 6.22. The van der Waals surface area contributed by atoms with Gasteiger partial charge in [-0.2, -0.15) is 0 Å². The van der Waals surface area contributed by atoms with Gasteiger partial charge in [0, 0.05) is 30.6 Å². The predicted molar refractivity (Wildman–Crippen MR) is 107 cm³/mol. The average Bonchev–Trinajstić information content (AvgIpc) is 3.27. The fourth-order valence-corrected chi connectivity index (χ4v) is 3.66. The Labute approximate surface area is 158 Å². The van der Waals surface area contributed by atoms with E-state index in [0.717, 1.165) is 35.3 Å². The Morgan fingerprint density at radius 3 is 2.85 bits per heavy atom. The van der Waals surface area contributed by atoms with E-state index in [-0.39, 0.29) is 11.9 Å². The van der Waals surface area contributed by atoms with Gasteiger partial charge in [0.15, 0.2) is 5.96 Å². The van der Waals surface area contributed by atoms with Gasteiger partial charge in [-0.25, -0.2) is 9.98 Å². The molecule has 26 heavy (non-hydrogen) atoms. The van der Waals surface area contributed by atoms with Crippen LogP contribution in [0.15, 0.2) is 40.7 Å². The summed E-state index contributed by atoms with van der Waals surface area (Å²) in [5.41, 5.74) is 1.93. The normalized spacial score (nSPS) is 17.6. The zero-order valence-electron chi connectivity index (χ0n) is 15.2. The minimum absolute atomic E-state index is 0.0437. The smallest absolute Gasteiger partial charge is 0.229 e. The standard InChI is InChI=1S/C19H25N5OS/c1-3-17-22-15(13-26-17)11-21-19(20-4-2)23-14-10-18(25)24(12-14)16-8-6-5-7-9-16/h5-9,13-14H,3-4,10-12H2,1-2H3,(H2,20,21,23). The molecule has 6 nitrogen and oxygen atoms in total. The predicted octanol–water partition coefficient (Wildman–Crippen LogP) is 2.57. The Bertz CT molecular complexity index is 758. The number of carbonyl (C=O) groups excluding carboxylic acids is 1. The molecule has 3 rings (SSSR count). The number of nitrogens with one attached hydrogen (secondary N) is 2. The highest BCUT2D eigenvalue weighted by Crippen LogP contribution is 2.21. The van der Waals surface area contributed by atoms with Crippen molar-refractivity contribution in [1.29, 1.82) is 0 Å². The molecule has 0 saturated carbocycles. The maximum Gasteiger partial charge on any atom is 0.229 e. The van der Waals surface area contributed by atoms with Crippen LogP contribution < -0.4 is 15.5 Å². The van der Waals surface area contributed by atoms with E-state index in [1.165, 1.54) is 0 Å². The molecule has 1 saturated heterocycles. The van der Waals surface area contributed by atoms with E-state index >= 15 is 0 Å². The summed E-state index contributed by atoms with van der Waals surface area (Å²) in [5, 5.41) is 9.83. The lowest BCUT2D eigenvalue weighted by Crippen LogP contribution is -2.44. The number of hydrogen-bond donors (Lipinski definition) is 2. The third kappa shape index (κ3) is 4.60. The number of thiazole rings is 1. The molecule has 2 N–H and O–H groups in total. The second kappa shape index (κ2) is 8.80. The number of aromatic nitrogens is 1. The number of anilines is 1. The van der Waals surface area contributed by atoms with E-state index in [1.54, 1.807) is 11.3 Å². The number of benzene rings is 1. The van der Waals surface area contributed by atoms with E-state index < -0.39 is 0 Å². The van der Waals surface area contributed by atoms with Crippen LogP contribution in [0, 0.1) is 0 Å². The zero-order chi connectivity index (χ0) is 18.4. The number of amides is 1. The number of guanidine groups is 1. The maximum atomic E-state index is 12.4. The summed E-state index contributed by atoms with van der Waals surface area (Å²) in [6.07, 6.45) is 1.42.